The quantitative estimate of drug-likeness (QED) is 0.0343. The minimum Gasteiger partial charge on any atom is -0.391 e. The summed E-state index contributed by atoms with van der Waals surface area (Å²) in [5, 5.41) is 13.9. The lowest BCUT2D eigenvalue weighted by Gasteiger charge is -2.26. The molecule has 1 unspecified atom stereocenters. The summed E-state index contributed by atoms with van der Waals surface area (Å²) in [6.07, 6.45) is 31.1. The summed E-state index contributed by atoms with van der Waals surface area (Å²) in [5.41, 5.74) is 0. The van der Waals surface area contributed by atoms with E-state index in [2.05, 4.69) is 19.2 Å². The smallest absolute Gasteiger partial charge is 0.391 e. The highest BCUT2D eigenvalue weighted by molar-refractivity contribution is 7.47. The minimum atomic E-state index is -4.30. The first kappa shape index (κ1) is 46.5. The summed E-state index contributed by atoms with van der Waals surface area (Å²) in [6, 6.07) is -0.750. The Morgan fingerprint density at radius 3 is 1.43 bits per heavy atom. The van der Waals surface area contributed by atoms with Crippen LogP contribution in [0.15, 0.2) is 0 Å². The van der Waals surface area contributed by atoms with Crippen LogP contribution >= 0.6 is 7.82 Å². The Bertz CT molecular complexity index is 748. The Labute approximate surface area is 291 Å². The number of nitrogens with zero attached hydrogens (tertiary/aromatic N) is 1. The summed E-state index contributed by atoms with van der Waals surface area (Å²) >= 11 is 0. The summed E-state index contributed by atoms with van der Waals surface area (Å²) in [7, 11) is 1.62. The van der Waals surface area contributed by atoms with Crippen molar-refractivity contribution < 1.29 is 32.9 Å². The van der Waals surface area contributed by atoms with Gasteiger partial charge in [-0.3, -0.25) is 13.8 Å². The van der Waals surface area contributed by atoms with Crippen LogP contribution in [0.4, 0.5) is 0 Å². The Balaban J connectivity index is 4.42. The first-order valence-corrected chi connectivity index (χ1v) is 21.4. The summed E-state index contributed by atoms with van der Waals surface area (Å²) in [4.78, 5) is 23.0. The third kappa shape index (κ3) is 33.8. The van der Waals surface area contributed by atoms with Crippen molar-refractivity contribution in [3.63, 3.8) is 0 Å². The number of phosphoric acid groups is 1. The van der Waals surface area contributed by atoms with Crippen molar-refractivity contribution in [2.45, 2.75) is 199 Å². The van der Waals surface area contributed by atoms with Crippen molar-refractivity contribution >= 4 is 13.7 Å². The Kier molecular flexibility index (Phi) is 31.1. The fourth-order valence-electron chi connectivity index (χ4n) is 5.87. The van der Waals surface area contributed by atoms with Gasteiger partial charge in [-0.15, -0.1) is 0 Å². The highest BCUT2D eigenvalue weighted by Crippen LogP contribution is 2.43. The van der Waals surface area contributed by atoms with Gasteiger partial charge in [-0.05, 0) is 12.8 Å². The number of phosphoric ester groups is 1. The molecule has 0 aliphatic carbocycles. The number of rotatable bonds is 36. The van der Waals surface area contributed by atoms with Gasteiger partial charge in [-0.1, -0.05) is 168 Å². The van der Waals surface area contributed by atoms with Crippen molar-refractivity contribution in [3.8, 4) is 0 Å². The molecule has 0 saturated carbocycles. The van der Waals surface area contributed by atoms with Crippen molar-refractivity contribution in [2.75, 3.05) is 40.9 Å². The number of likely N-dealkylation sites (N-methyl/N-ethyl adjacent to an activating group) is 1. The minimum absolute atomic E-state index is 0.0781. The number of aliphatic hydroxyl groups excluding tert-OH is 1. The third-order valence-corrected chi connectivity index (χ3v) is 10.1. The van der Waals surface area contributed by atoms with E-state index in [0.717, 1.165) is 38.5 Å². The van der Waals surface area contributed by atoms with Crippen molar-refractivity contribution in [1.82, 2.24) is 5.32 Å². The number of nitrogens with one attached hydrogen (secondary N) is 1. The first-order valence-electron chi connectivity index (χ1n) is 19.9. The van der Waals surface area contributed by atoms with E-state index in [9.17, 15) is 19.4 Å². The van der Waals surface area contributed by atoms with Crippen molar-refractivity contribution in [3.05, 3.63) is 0 Å². The normalized spacial score (nSPS) is 14.6. The molecule has 0 bridgehead atoms. The second kappa shape index (κ2) is 31.5. The molecule has 9 heteroatoms. The van der Waals surface area contributed by atoms with Gasteiger partial charge in [0.05, 0.1) is 39.9 Å². The molecule has 282 valence electrons. The van der Waals surface area contributed by atoms with Gasteiger partial charge in [-0.2, -0.15) is 0 Å². The lowest BCUT2D eigenvalue weighted by atomic mass is 10.0. The SMILES string of the molecule is CCCCCCCCCCCCCCCC[C@@H](O)[C@H](COP(=O)(O)OCC[N+](C)(C)C)NC(=O)CCCCCCCCCCCCC. The van der Waals surface area contributed by atoms with Crippen LogP contribution in [0.1, 0.15) is 187 Å². The molecule has 0 aromatic heterocycles. The molecule has 3 atom stereocenters. The van der Waals surface area contributed by atoms with Crippen LogP contribution in [0.25, 0.3) is 0 Å². The Hall–Kier alpha value is -0.500. The van der Waals surface area contributed by atoms with Crippen LogP contribution in [0.3, 0.4) is 0 Å². The van der Waals surface area contributed by atoms with Crippen LogP contribution in [0, 0.1) is 0 Å². The van der Waals surface area contributed by atoms with Gasteiger partial charge in [0.25, 0.3) is 0 Å². The maximum Gasteiger partial charge on any atom is 0.472 e. The Morgan fingerprint density at radius 1 is 0.638 bits per heavy atom. The van der Waals surface area contributed by atoms with Gasteiger partial charge in [0.2, 0.25) is 5.91 Å². The van der Waals surface area contributed by atoms with Gasteiger partial charge in [0.1, 0.15) is 13.2 Å². The maximum absolute atomic E-state index is 12.8. The molecule has 0 saturated heterocycles. The highest BCUT2D eigenvalue weighted by Gasteiger charge is 2.28. The topological polar surface area (TPSA) is 105 Å². The molecule has 0 aromatic rings. The number of carbonyl (C=O) groups is 1. The molecule has 47 heavy (non-hydrogen) atoms. The second-order valence-electron chi connectivity index (χ2n) is 15.0. The molecular weight excluding hydrogens is 611 g/mol. The average molecular weight is 692 g/mol. The zero-order valence-corrected chi connectivity index (χ0v) is 32.7. The van der Waals surface area contributed by atoms with Crippen LogP contribution < -0.4 is 5.32 Å². The monoisotopic (exact) mass is 692 g/mol. The van der Waals surface area contributed by atoms with E-state index in [1.54, 1.807) is 0 Å². The van der Waals surface area contributed by atoms with Crippen molar-refractivity contribution in [2.24, 2.45) is 0 Å². The van der Waals surface area contributed by atoms with Gasteiger partial charge in [0, 0.05) is 6.42 Å². The number of hydrogen-bond acceptors (Lipinski definition) is 5. The molecule has 8 nitrogen and oxygen atoms in total. The average Bonchev–Trinajstić information content (AvgIpc) is 3.01. The summed E-state index contributed by atoms with van der Waals surface area (Å²) in [5.74, 6) is -0.145. The lowest BCUT2D eigenvalue weighted by Crippen LogP contribution is -2.46. The molecule has 0 aromatic carbocycles. The number of amides is 1. The summed E-state index contributed by atoms with van der Waals surface area (Å²) < 4.78 is 23.5. The molecule has 0 rings (SSSR count). The third-order valence-electron chi connectivity index (χ3n) is 9.11. The predicted octanol–water partition coefficient (Wildman–Crippen LogP) is 10.2. The van der Waals surface area contributed by atoms with Crippen LogP contribution in [0.2, 0.25) is 0 Å². The lowest BCUT2D eigenvalue weighted by molar-refractivity contribution is -0.870. The molecule has 3 N–H and O–H groups in total. The standard InChI is InChI=1S/C38H79N2O6P/c1-6-8-10-12-14-16-18-19-20-22-23-25-27-29-31-37(41)36(35-46-47(43,44)45-34-33-40(3,4)5)39-38(42)32-30-28-26-24-21-17-15-13-11-9-7-2/h36-37,41H,6-35H2,1-5H3,(H-,39,42,43,44)/p+1/t36-,37+/m0/s1. The van der Waals surface area contributed by atoms with E-state index in [4.69, 9.17) is 9.05 Å². The van der Waals surface area contributed by atoms with Crippen LogP contribution in [-0.4, -0.2) is 73.4 Å². The zero-order valence-electron chi connectivity index (χ0n) is 31.8. The number of unbranched alkanes of at least 4 members (excludes halogenated alkanes) is 23. The number of quaternary nitrogens is 1. The number of carbonyl (C=O) groups excluding carboxylic acids is 1. The van der Waals surface area contributed by atoms with Crippen LogP contribution in [0.5, 0.6) is 0 Å². The van der Waals surface area contributed by atoms with E-state index in [-0.39, 0.29) is 19.1 Å². The molecule has 0 spiro atoms. The van der Waals surface area contributed by atoms with Gasteiger partial charge < -0.3 is 19.8 Å². The molecular formula is C38H80N2O6P+. The number of aliphatic hydroxyl groups is 1. The largest absolute Gasteiger partial charge is 0.472 e. The van der Waals surface area contributed by atoms with Gasteiger partial charge in [-0.25, -0.2) is 4.57 Å². The zero-order chi connectivity index (χ0) is 35.1. The molecule has 0 fully saturated rings. The van der Waals surface area contributed by atoms with E-state index >= 15 is 0 Å². The van der Waals surface area contributed by atoms with E-state index in [1.165, 1.54) is 122 Å². The Morgan fingerprint density at radius 2 is 1.02 bits per heavy atom. The predicted molar refractivity (Wildman–Crippen MR) is 199 cm³/mol. The van der Waals surface area contributed by atoms with Gasteiger partial charge in [0.15, 0.2) is 0 Å². The molecule has 0 heterocycles. The molecule has 0 aliphatic rings. The molecule has 1 amide bonds. The van der Waals surface area contributed by atoms with E-state index in [0.29, 0.717) is 23.9 Å². The molecule has 0 radical (unpaired) electrons. The van der Waals surface area contributed by atoms with Crippen molar-refractivity contribution in [1.29, 1.82) is 0 Å². The van der Waals surface area contributed by atoms with E-state index in [1.807, 2.05) is 21.1 Å². The van der Waals surface area contributed by atoms with E-state index < -0.39 is 20.0 Å². The summed E-state index contributed by atoms with van der Waals surface area (Å²) in [6.45, 7) is 4.87. The maximum atomic E-state index is 12.8. The molecule has 0 aliphatic heterocycles. The highest BCUT2D eigenvalue weighted by atomic mass is 31.2. The second-order valence-corrected chi connectivity index (χ2v) is 16.5. The number of hydrogen-bond donors (Lipinski definition) is 3. The fourth-order valence-corrected chi connectivity index (χ4v) is 6.60. The first-order chi connectivity index (χ1) is 22.5. The van der Waals surface area contributed by atoms with Gasteiger partial charge >= 0.3 is 7.82 Å². The van der Waals surface area contributed by atoms with Crippen LogP contribution in [-0.2, 0) is 18.4 Å². The fraction of sp³-hybridized carbons (Fsp3) is 0.974.